The molecule has 1 saturated heterocycles. The third-order valence-corrected chi connectivity index (χ3v) is 8.59. The number of nitrogens with zero attached hydrogens (tertiary/aromatic N) is 1. The quantitative estimate of drug-likeness (QED) is 0.415. The molecule has 2 N–H and O–H groups in total. The van der Waals surface area contributed by atoms with Crippen LogP contribution in [0.4, 0.5) is 0 Å². The van der Waals surface area contributed by atoms with Crippen molar-refractivity contribution in [1.29, 1.82) is 0 Å². The van der Waals surface area contributed by atoms with Gasteiger partial charge in [-0.3, -0.25) is 4.90 Å². The van der Waals surface area contributed by atoms with Crippen LogP contribution in [0, 0.1) is 11.8 Å². The van der Waals surface area contributed by atoms with Crippen LogP contribution < -0.4 is 9.47 Å². The first-order valence-electron chi connectivity index (χ1n) is 12.3. The molecule has 0 amide bonds. The highest BCUT2D eigenvalue weighted by atomic mass is 32.2. The predicted octanol–water partition coefficient (Wildman–Crippen LogP) is 6.42. The van der Waals surface area contributed by atoms with Crippen molar-refractivity contribution in [1.82, 2.24) is 4.90 Å². The van der Waals surface area contributed by atoms with E-state index >= 15 is 0 Å². The van der Waals surface area contributed by atoms with Crippen LogP contribution >= 0.6 is 11.8 Å². The van der Waals surface area contributed by atoms with Gasteiger partial charge in [-0.25, -0.2) is 0 Å². The summed E-state index contributed by atoms with van der Waals surface area (Å²) < 4.78 is 12.6. The lowest BCUT2D eigenvalue weighted by Gasteiger charge is -2.34. The molecular weight excluding hydrogens is 458 g/mol. The van der Waals surface area contributed by atoms with Gasteiger partial charge in [0.2, 0.25) is 0 Å². The second-order valence-corrected chi connectivity index (χ2v) is 11.1. The summed E-state index contributed by atoms with van der Waals surface area (Å²) in [6, 6.07) is 21.0. The number of hydrogen-bond acceptors (Lipinski definition) is 6. The summed E-state index contributed by atoms with van der Waals surface area (Å²) in [5.74, 6) is 3.50. The van der Waals surface area contributed by atoms with Crippen LogP contribution in [0.1, 0.15) is 43.3 Å². The molecule has 6 heteroatoms. The number of ether oxygens (including phenoxy) is 2. The van der Waals surface area contributed by atoms with Gasteiger partial charge in [0.25, 0.3) is 0 Å². The second kappa shape index (κ2) is 10.0. The van der Waals surface area contributed by atoms with Gasteiger partial charge in [-0.05, 0) is 72.4 Å². The summed E-state index contributed by atoms with van der Waals surface area (Å²) >= 11 is 1.64. The van der Waals surface area contributed by atoms with Gasteiger partial charge in [-0.15, -0.1) is 11.8 Å². The summed E-state index contributed by atoms with van der Waals surface area (Å²) in [4.78, 5) is 3.40. The minimum absolute atomic E-state index is 0.0812. The summed E-state index contributed by atoms with van der Waals surface area (Å²) in [5.41, 5.74) is 2.00. The number of phenols is 2. The molecule has 0 unspecified atom stereocenters. The molecule has 184 valence electrons. The molecule has 3 aromatic rings. The van der Waals surface area contributed by atoms with Crippen LogP contribution in [0.25, 0.3) is 0 Å². The van der Waals surface area contributed by atoms with E-state index in [-0.39, 0.29) is 22.9 Å². The van der Waals surface area contributed by atoms with E-state index in [1.165, 1.54) is 0 Å². The monoisotopic (exact) mass is 491 g/mol. The van der Waals surface area contributed by atoms with Crippen molar-refractivity contribution in [2.75, 3.05) is 19.7 Å². The van der Waals surface area contributed by atoms with Gasteiger partial charge in [-0.2, -0.15) is 0 Å². The van der Waals surface area contributed by atoms with Crippen LogP contribution in [0.3, 0.4) is 0 Å². The van der Waals surface area contributed by atoms with E-state index in [2.05, 4.69) is 37.8 Å². The molecule has 35 heavy (non-hydrogen) atoms. The summed E-state index contributed by atoms with van der Waals surface area (Å²) in [5, 5.41) is 20.0. The average Bonchev–Trinajstić information content (AvgIpc) is 3.20. The lowest BCUT2D eigenvalue weighted by molar-refractivity contribution is 0.166. The van der Waals surface area contributed by atoms with Gasteiger partial charge in [0, 0.05) is 19.1 Å². The van der Waals surface area contributed by atoms with E-state index in [4.69, 9.17) is 9.47 Å². The van der Waals surface area contributed by atoms with Crippen molar-refractivity contribution >= 4 is 11.8 Å². The number of benzene rings is 3. The Labute approximate surface area is 211 Å². The van der Waals surface area contributed by atoms with E-state index in [1.807, 2.05) is 30.3 Å². The maximum absolute atomic E-state index is 10.1. The van der Waals surface area contributed by atoms with Gasteiger partial charge in [0.05, 0.1) is 10.1 Å². The molecule has 5 nitrogen and oxygen atoms in total. The smallest absolute Gasteiger partial charge is 0.140 e. The Balaban J connectivity index is 1.33. The molecule has 0 aliphatic carbocycles. The Bertz CT molecular complexity index is 1160. The predicted molar refractivity (Wildman–Crippen MR) is 139 cm³/mol. The Morgan fingerprint density at radius 3 is 2.37 bits per heavy atom. The number of thioether (sulfide) groups is 1. The standard InChI is InChI=1S/C29H33NO4S/c1-18-15-30(16-19(18)2)20(3)17-33-25-10-7-21(8-11-25)28-29(22-5-4-6-23(31)13-22)35-27-14-24(32)9-12-26(27)34-28/h4-14,18-20,28-29,31-32H,15-17H2,1-3H3/t18-,19-,20-,28-,29+/m0/s1. The van der Waals surface area contributed by atoms with Gasteiger partial charge < -0.3 is 19.7 Å². The summed E-state index contributed by atoms with van der Waals surface area (Å²) in [6.45, 7) is 9.83. The van der Waals surface area contributed by atoms with Crippen LogP contribution in [0.15, 0.2) is 71.6 Å². The third-order valence-electron chi connectivity index (χ3n) is 7.25. The number of phenolic OH excluding ortho intramolecular Hbond substituents is 2. The molecule has 0 bridgehead atoms. The molecule has 0 saturated carbocycles. The highest BCUT2D eigenvalue weighted by Crippen LogP contribution is 2.54. The molecule has 3 aromatic carbocycles. The van der Waals surface area contributed by atoms with Crippen molar-refractivity contribution in [3.63, 3.8) is 0 Å². The number of rotatable bonds is 6. The van der Waals surface area contributed by atoms with Crippen molar-refractivity contribution in [2.45, 2.75) is 43.1 Å². The Kier molecular flexibility index (Phi) is 6.85. The topological polar surface area (TPSA) is 62.2 Å². The average molecular weight is 492 g/mol. The van der Waals surface area contributed by atoms with E-state index in [1.54, 1.807) is 36.0 Å². The largest absolute Gasteiger partial charge is 0.508 e. The molecule has 0 aromatic heterocycles. The van der Waals surface area contributed by atoms with E-state index < -0.39 is 0 Å². The lowest BCUT2D eigenvalue weighted by atomic mass is 10.00. The number of likely N-dealkylation sites (tertiary alicyclic amines) is 1. The summed E-state index contributed by atoms with van der Waals surface area (Å²) in [7, 11) is 0. The molecule has 5 atom stereocenters. The summed E-state index contributed by atoms with van der Waals surface area (Å²) in [6.07, 6.45) is -0.251. The van der Waals surface area contributed by atoms with Crippen molar-refractivity contribution in [3.8, 4) is 23.0 Å². The van der Waals surface area contributed by atoms with Gasteiger partial charge in [-0.1, -0.05) is 38.1 Å². The minimum atomic E-state index is -0.251. The van der Waals surface area contributed by atoms with Crippen LogP contribution in [0.5, 0.6) is 23.0 Å². The van der Waals surface area contributed by atoms with Crippen LogP contribution in [0.2, 0.25) is 0 Å². The SMILES string of the molecule is C[C@H]1CN([C@@H](C)COc2ccc([C@@H]3Oc4ccc(O)cc4S[C@@H]3c3cccc(O)c3)cc2)C[C@@H]1C. The molecule has 2 heterocycles. The Morgan fingerprint density at radius 1 is 0.943 bits per heavy atom. The molecular formula is C29H33NO4S. The number of fused-ring (bicyclic) bond motifs is 1. The zero-order valence-electron chi connectivity index (χ0n) is 20.4. The fraction of sp³-hybridized carbons (Fsp3) is 0.379. The lowest BCUT2D eigenvalue weighted by Crippen LogP contribution is -2.35. The van der Waals surface area contributed by atoms with Gasteiger partial charge in [0.15, 0.2) is 0 Å². The second-order valence-electron chi connectivity index (χ2n) is 9.94. The van der Waals surface area contributed by atoms with Crippen molar-refractivity contribution in [2.24, 2.45) is 11.8 Å². The molecule has 2 aliphatic heterocycles. The number of hydrogen-bond donors (Lipinski definition) is 2. The van der Waals surface area contributed by atoms with Crippen LogP contribution in [-0.4, -0.2) is 40.9 Å². The zero-order valence-corrected chi connectivity index (χ0v) is 21.2. The maximum Gasteiger partial charge on any atom is 0.140 e. The molecule has 2 aliphatic rings. The highest BCUT2D eigenvalue weighted by molar-refractivity contribution is 7.99. The normalized spacial score (nSPS) is 25.0. The van der Waals surface area contributed by atoms with Crippen molar-refractivity contribution < 1.29 is 19.7 Å². The van der Waals surface area contributed by atoms with Gasteiger partial charge in [0.1, 0.15) is 35.7 Å². The van der Waals surface area contributed by atoms with E-state index in [0.717, 1.165) is 52.4 Å². The van der Waals surface area contributed by atoms with Crippen LogP contribution in [-0.2, 0) is 0 Å². The fourth-order valence-corrected chi connectivity index (χ4v) is 6.19. The highest BCUT2D eigenvalue weighted by Gasteiger charge is 2.34. The Hall–Kier alpha value is -2.83. The minimum Gasteiger partial charge on any atom is -0.508 e. The molecule has 1 fully saturated rings. The van der Waals surface area contributed by atoms with Gasteiger partial charge >= 0.3 is 0 Å². The van der Waals surface area contributed by atoms with E-state index in [9.17, 15) is 10.2 Å². The third kappa shape index (κ3) is 5.24. The van der Waals surface area contributed by atoms with Crippen molar-refractivity contribution in [3.05, 3.63) is 77.9 Å². The molecule has 5 rings (SSSR count). The molecule has 0 radical (unpaired) electrons. The van der Waals surface area contributed by atoms with E-state index in [0.29, 0.717) is 12.6 Å². The first-order chi connectivity index (χ1) is 16.9. The molecule has 0 spiro atoms. The first-order valence-corrected chi connectivity index (χ1v) is 13.2. The number of aromatic hydroxyl groups is 2. The maximum atomic E-state index is 10.1. The Morgan fingerprint density at radius 2 is 1.66 bits per heavy atom. The first kappa shape index (κ1) is 23.9. The zero-order chi connectivity index (χ0) is 24.5. The fourth-order valence-electron chi connectivity index (χ4n) is 4.88.